The van der Waals surface area contributed by atoms with Gasteiger partial charge in [0, 0.05) is 40.7 Å². The Morgan fingerprint density at radius 3 is 2.31 bits per heavy atom. The first-order valence-corrected chi connectivity index (χ1v) is 12.1. The third kappa shape index (κ3) is 6.69. The summed E-state index contributed by atoms with van der Waals surface area (Å²) in [4.78, 5) is 38.1. The molecule has 0 fully saturated rings. The van der Waals surface area contributed by atoms with Crippen LogP contribution in [0.15, 0.2) is 54.6 Å². The molecule has 3 rings (SSSR count). The number of aromatic nitrogens is 2. The minimum absolute atomic E-state index is 0.102. The molecule has 0 saturated heterocycles. The zero-order chi connectivity index (χ0) is 26.5. The molecule has 0 unspecified atom stereocenters. The Morgan fingerprint density at radius 2 is 1.75 bits per heavy atom. The summed E-state index contributed by atoms with van der Waals surface area (Å²) in [5, 5.41) is 19.1. The highest BCUT2D eigenvalue weighted by Crippen LogP contribution is 2.27. The van der Waals surface area contributed by atoms with Crippen molar-refractivity contribution in [2.24, 2.45) is 0 Å². The fourth-order valence-electron chi connectivity index (χ4n) is 3.48. The Kier molecular flexibility index (Phi) is 8.47. The molecule has 2 amide bonds. The van der Waals surface area contributed by atoms with E-state index in [-0.39, 0.29) is 35.0 Å². The number of carbonyl (C=O) groups is 2. The molecule has 0 radical (unpaired) electrons. The van der Waals surface area contributed by atoms with E-state index >= 15 is 0 Å². The van der Waals surface area contributed by atoms with Gasteiger partial charge in [0.15, 0.2) is 0 Å². The van der Waals surface area contributed by atoms with Gasteiger partial charge in [0.05, 0.1) is 16.3 Å². The number of nitro groups is 1. The summed E-state index contributed by atoms with van der Waals surface area (Å²) >= 11 is 6.03. The van der Waals surface area contributed by atoms with E-state index in [0.717, 1.165) is 17.8 Å². The highest BCUT2D eigenvalue weighted by molar-refractivity contribution is 6.30. The number of benzene rings is 2. The molecular formula is C26H30ClN5O4. The third-order valence-electron chi connectivity index (χ3n) is 5.54. The number of halogens is 1. The van der Waals surface area contributed by atoms with Gasteiger partial charge in [-0.05, 0) is 42.8 Å². The smallest absolute Gasteiger partial charge is 0.269 e. The molecule has 0 aliphatic rings. The summed E-state index contributed by atoms with van der Waals surface area (Å²) in [5.74, 6) is -0.266. The van der Waals surface area contributed by atoms with Crippen molar-refractivity contribution in [1.29, 1.82) is 0 Å². The summed E-state index contributed by atoms with van der Waals surface area (Å²) < 4.78 is 1.64. The van der Waals surface area contributed by atoms with Crippen molar-refractivity contribution in [3.63, 3.8) is 0 Å². The Morgan fingerprint density at radius 1 is 1.11 bits per heavy atom. The Bertz CT molecular complexity index is 1230. The van der Waals surface area contributed by atoms with Gasteiger partial charge in [0.2, 0.25) is 5.91 Å². The molecule has 0 atom stereocenters. The van der Waals surface area contributed by atoms with Gasteiger partial charge < -0.3 is 10.2 Å². The summed E-state index contributed by atoms with van der Waals surface area (Å²) in [7, 11) is 0. The van der Waals surface area contributed by atoms with Gasteiger partial charge in [0.1, 0.15) is 12.4 Å². The molecule has 9 nitrogen and oxygen atoms in total. The molecule has 2 aromatic carbocycles. The number of anilines is 1. The molecule has 10 heteroatoms. The SMILES string of the molecule is CCCCN(CC(=O)Nc1cc(C(C)(C)C)nn1-c1ccc(Cl)cc1)C(=O)c1ccc([N+](=O)[O-])cc1. The summed E-state index contributed by atoms with van der Waals surface area (Å²) in [6.07, 6.45) is 1.55. The number of non-ortho nitro benzene ring substituents is 1. The predicted octanol–water partition coefficient (Wildman–Crippen LogP) is 5.61. The largest absolute Gasteiger partial charge is 0.329 e. The average Bonchev–Trinajstić information content (AvgIpc) is 3.26. The average molecular weight is 512 g/mol. The normalized spacial score (nSPS) is 11.2. The molecule has 0 spiro atoms. The van der Waals surface area contributed by atoms with E-state index < -0.39 is 4.92 Å². The number of nitrogens with one attached hydrogen (secondary N) is 1. The van der Waals surface area contributed by atoms with Crippen LogP contribution in [0, 0.1) is 10.1 Å². The maximum Gasteiger partial charge on any atom is 0.269 e. The van der Waals surface area contributed by atoms with Crippen LogP contribution in [-0.2, 0) is 10.2 Å². The van der Waals surface area contributed by atoms with Crippen LogP contribution in [0.2, 0.25) is 5.02 Å². The van der Waals surface area contributed by atoms with Gasteiger partial charge in [-0.1, -0.05) is 45.7 Å². The number of nitrogens with zero attached hydrogens (tertiary/aromatic N) is 4. The lowest BCUT2D eigenvalue weighted by Crippen LogP contribution is -2.39. The number of nitro benzene ring substituents is 1. The van der Waals surface area contributed by atoms with E-state index in [1.54, 1.807) is 16.8 Å². The Labute approximate surface area is 215 Å². The third-order valence-corrected chi connectivity index (χ3v) is 5.80. The monoisotopic (exact) mass is 511 g/mol. The second-order valence-corrected chi connectivity index (χ2v) is 9.92. The lowest BCUT2D eigenvalue weighted by molar-refractivity contribution is -0.384. The van der Waals surface area contributed by atoms with Crippen molar-refractivity contribution < 1.29 is 14.5 Å². The highest BCUT2D eigenvalue weighted by Gasteiger charge is 2.24. The lowest BCUT2D eigenvalue weighted by Gasteiger charge is -2.22. The van der Waals surface area contributed by atoms with Crippen LogP contribution in [0.5, 0.6) is 0 Å². The molecule has 0 bridgehead atoms. The molecular weight excluding hydrogens is 482 g/mol. The Balaban J connectivity index is 1.84. The number of hydrogen-bond donors (Lipinski definition) is 1. The fourth-order valence-corrected chi connectivity index (χ4v) is 3.61. The van der Waals surface area contributed by atoms with Crippen molar-refractivity contribution in [3.05, 3.63) is 81.0 Å². The number of rotatable bonds is 9. The van der Waals surface area contributed by atoms with Crippen molar-refractivity contribution in [1.82, 2.24) is 14.7 Å². The van der Waals surface area contributed by atoms with Gasteiger partial charge in [-0.3, -0.25) is 19.7 Å². The molecule has 190 valence electrons. The second kappa shape index (κ2) is 11.3. The number of carbonyl (C=O) groups excluding carboxylic acids is 2. The van der Waals surface area contributed by atoms with Gasteiger partial charge in [-0.15, -0.1) is 0 Å². The lowest BCUT2D eigenvalue weighted by atomic mass is 9.92. The van der Waals surface area contributed by atoms with Crippen molar-refractivity contribution in [3.8, 4) is 5.69 Å². The molecule has 1 heterocycles. The molecule has 1 aromatic heterocycles. The van der Waals surface area contributed by atoms with Crippen LogP contribution < -0.4 is 5.32 Å². The number of hydrogen-bond acceptors (Lipinski definition) is 5. The van der Waals surface area contributed by atoms with E-state index in [0.29, 0.717) is 23.8 Å². The van der Waals surface area contributed by atoms with Crippen LogP contribution in [0.3, 0.4) is 0 Å². The van der Waals surface area contributed by atoms with E-state index in [4.69, 9.17) is 16.7 Å². The fraction of sp³-hybridized carbons (Fsp3) is 0.346. The van der Waals surface area contributed by atoms with Gasteiger partial charge >= 0.3 is 0 Å². The number of unbranched alkanes of at least 4 members (excludes halogenated alkanes) is 1. The highest BCUT2D eigenvalue weighted by atomic mass is 35.5. The predicted molar refractivity (Wildman–Crippen MR) is 140 cm³/mol. The van der Waals surface area contributed by atoms with Crippen LogP contribution in [-0.4, -0.2) is 44.5 Å². The van der Waals surface area contributed by atoms with Gasteiger partial charge in [-0.25, -0.2) is 4.68 Å². The molecule has 0 aliphatic heterocycles. The van der Waals surface area contributed by atoms with Gasteiger partial charge in [-0.2, -0.15) is 5.10 Å². The Hall–Kier alpha value is -3.72. The van der Waals surface area contributed by atoms with E-state index in [9.17, 15) is 19.7 Å². The maximum absolute atomic E-state index is 13.1. The van der Waals surface area contributed by atoms with Crippen molar-refractivity contribution in [2.45, 2.75) is 46.0 Å². The molecule has 0 saturated carbocycles. The minimum Gasteiger partial charge on any atom is -0.329 e. The molecule has 1 N–H and O–H groups in total. The zero-order valence-electron chi connectivity index (χ0n) is 20.8. The van der Waals surface area contributed by atoms with Crippen LogP contribution >= 0.6 is 11.6 Å². The quantitative estimate of drug-likeness (QED) is 0.296. The molecule has 36 heavy (non-hydrogen) atoms. The van der Waals surface area contributed by atoms with Crippen LogP contribution in [0.25, 0.3) is 5.69 Å². The minimum atomic E-state index is -0.522. The van der Waals surface area contributed by atoms with E-state index in [2.05, 4.69) is 5.32 Å². The van der Waals surface area contributed by atoms with Crippen LogP contribution in [0.4, 0.5) is 11.5 Å². The molecule has 3 aromatic rings. The zero-order valence-corrected chi connectivity index (χ0v) is 21.6. The van der Waals surface area contributed by atoms with Crippen molar-refractivity contribution >= 4 is 34.9 Å². The van der Waals surface area contributed by atoms with Gasteiger partial charge in [0.25, 0.3) is 11.6 Å². The summed E-state index contributed by atoms with van der Waals surface area (Å²) in [6, 6.07) is 14.3. The van der Waals surface area contributed by atoms with E-state index in [1.165, 1.54) is 29.2 Å². The van der Waals surface area contributed by atoms with Crippen LogP contribution in [0.1, 0.15) is 56.6 Å². The van der Waals surface area contributed by atoms with E-state index in [1.807, 2.05) is 45.9 Å². The van der Waals surface area contributed by atoms with Crippen molar-refractivity contribution in [2.75, 3.05) is 18.4 Å². The summed E-state index contributed by atoms with van der Waals surface area (Å²) in [6.45, 7) is 8.29. The molecule has 0 aliphatic carbocycles. The number of amides is 2. The first-order chi connectivity index (χ1) is 17.0. The maximum atomic E-state index is 13.1. The summed E-state index contributed by atoms with van der Waals surface area (Å²) in [5.41, 5.74) is 1.45. The second-order valence-electron chi connectivity index (χ2n) is 9.49. The first kappa shape index (κ1) is 26.9. The topological polar surface area (TPSA) is 110 Å². The standard InChI is InChI=1S/C26H30ClN5O4/c1-5-6-15-30(25(34)18-7-11-21(12-8-18)32(35)36)17-24(33)28-23-16-22(26(2,3)4)29-31(23)20-13-9-19(27)10-14-20/h7-14,16H,5-6,15,17H2,1-4H3,(H,28,33). The first-order valence-electron chi connectivity index (χ1n) is 11.7.